The van der Waals surface area contributed by atoms with Crippen molar-refractivity contribution in [2.45, 2.75) is 57.3 Å². The van der Waals surface area contributed by atoms with Crippen LogP contribution in [0.25, 0.3) is 10.4 Å². The summed E-state index contributed by atoms with van der Waals surface area (Å²) in [4.78, 5) is 13.6. The fraction of sp³-hybridized carbons (Fsp3) is 0.900. The zero-order valence-electron chi connectivity index (χ0n) is 9.37. The van der Waals surface area contributed by atoms with Gasteiger partial charge in [-0.25, -0.2) is 4.79 Å². The van der Waals surface area contributed by atoms with Crippen LogP contribution in [0.15, 0.2) is 5.11 Å². The molecule has 1 rings (SSSR count). The van der Waals surface area contributed by atoms with Gasteiger partial charge in [0.25, 0.3) is 0 Å². The Morgan fingerprint density at radius 1 is 1.62 bits per heavy atom. The molecule has 3 atom stereocenters. The van der Waals surface area contributed by atoms with E-state index in [1.807, 2.05) is 0 Å². The molecule has 6 nitrogen and oxygen atoms in total. The van der Waals surface area contributed by atoms with Crippen LogP contribution >= 0.6 is 0 Å². The van der Waals surface area contributed by atoms with Crippen LogP contribution in [-0.4, -0.2) is 29.3 Å². The van der Waals surface area contributed by atoms with Gasteiger partial charge in [-0.05, 0) is 24.8 Å². The van der Waals surface area contributed by atoms with E-state index < -0.39 is 12.1 Å². The predicted molar refractivity (Wildman–Crippen MR) is 58.0 cm³/mol. The summed E-state index contributed by atoms with van der Waals surface area (Å²) in [5.74, 6) is -0.951. The lowest BCUT2D eigenvalue weighted by Crippen LogP contribution is -2.37. The molecule has 0 aliphatic heterocycles. The van der Waals surface area contributed by atoms with Gasteiger partial charge >= 0.3 is 5.97 Å². The molecular formula is C10H17N3O3. The highest BCUT2D eigenvalue weighted by atomic mass is 16.5. The molecule has 0 spiro atoms. The molecule has 6 heteroatoms. The SMILES string of the molecule is CCC(OC1CCCCC1N=[N+]=[N-])C(=O)O. The lowest BCUT2D eigenvalue weighted by Gasteiger charge is -2.30. The molecule has 1 aliphatic carbocycles. The van der Waals surface area contributed by atoms with E-state index in [9.17, 15) is 4.79 Å². The number of hydrogen-bond acceptors (Lipinski definition) is 3. The summed E-state index contributed by atoms with van der Waals surface area (Å²) < 4.78 is 5.50. The van der Waals surface area contributed by atoms with Crippen molar-refractivity contribution in [3.8, 4) is 0 Å². The average molecular weight is 227 g/mol. The smallest absolute Gasteiger partial charge is 0.332 e. The number of ether oxygens (including phenoxy) is 1. The molecule has 16 heavy (non-hydrogen) atoms. The van der Waals surface area contributed by atoms with Crippen LogP contribution in [0.5, 0.6) is 0 Å². The number of aliphatic carboxylic acids is 1. The molecule has 1 aliphatic rings. The number of azide groups is 1. The van der Waals surface area contributed by atoms with Gasteiger partial charge in [0, 0.05) is 4.91 Å². The Balaban J connectivity index is 2.61. The Morgan fingerprint density at radius 3 is 2.88 bits per heavy atom. The molecule has 0 saturated heterocycles. The third-order valence-corrected chi connectivity index (χ3v) is 2.85. The molecule has 0 amide bonds. The maximum Gasteiger partial charge on any atom is 0.332 e. The molecule has 0 heterocycles. The highest BCUT2D eigenvalue weighted by Gasteiger charge is 2.29. The largest absolute Gasteiger partial charge is 0.479 e. The van der Waals surface area contributed by atoms with Crippen LogP contribution < -0.4 is 0 Å². The molecule has 0 bridgehead atoms. The number of carbonyl (C=O) groups is 1. The second-order valence-corrected chi connectivity index (χ2v) is 3.97. The van der Waals surface area contributed by atoms with Crippen molar-refractivity contribution in [2.75, 3.05) is 0 Å². The molecule has 3 unspecified atom stereocenters. The third kappa shape index (κ3) is 3.40. The summed E-state index contributed by atoms with van der Waals surface area (Å²) in [7, 11) is 0. The maximum absolute atomic E-state index is 10.8. The molecule has 0 aromatic rings. The van der Waals surface area contributed by atoms with Crippen LogP contribution in [0.3, 0.4) is 0 Å². The number of carboxylic acid groups (broad SMARTS) is 1. The Labute approximate surface area is 94.2 Å². The monoisotopic (exact) mass is 227 g/mol. The zero-order valence-corrected chi connectivity index (χ0v) is 9.37. The van der Waals surface area contributed by atoms with Crippen molar-refractivity contribution in [1.82, 2.24) is 0 Å². The van der Waals surface area contributed by atoms with Gasteiger partial charge in [-0.2, -0.15) is 0 Å². The first-order valence-corrected chi connectivity index (χ1v) is 5.61. The molecule has 0 radical (unpaired) electrons. The summed E-state index contributed by atoms with van der Waals surface area (Å²) >= 11 is 0. The Kier molecular flexibility index (Phi) is 5.08. The number of carboxylic acids is 1. The fourth-order valence-electron chi connectivity index (χ4n) is 1.97. The summed E-state index contributed by atoms with van der Waals surface area (Å²) in [5, 5.41) is 12.6. The van der Waals surface area contributed by atoms with E-state index in [2.05, 4.69) is 10.0 Å². The zero-order chi connectivity index (χ0) is 12.0. The number of hydrogen-bond donors (Lipinski definition) is 1. The third-order valence-electron chi connectivity index (χ3n) is 2.85. The van der Waals surface area contributed by atoms with Crippen molar-refractivity contribution >= 4 is 5.97 Å². The van der Waals surface area contributed by atoms with E-state index >= 15 is 0 Å². The fourth-order valence-corrected chi connectivity index (χ4v) is 1.97. The van der Waals surface area contributed by atoms with E-state index in [0.29, 0.717) is 6.42 Å². The maximum atomic E-state index is 10.8. The number of rotatable bonds is 5. The normalized spacial score (nSPS) is 26.8. The van der Waals surface area contributed by atoms with Crippen LogP contribution in [0, 0.1) is 0 Å². The topological polar surface area (TPSA) is 95.3 Å². The van der Waals surface area contributed by atoms with Gasteiger partial charge in [0.1, 0.15) is 0 Å². The lowest BCUT2D eigenvalue weighted by molar-refractivity contribution is -0.156. The van der Waals surface area contributed by atoms with E-state index in [1.54, 1.807) is 6.92 Å². The summed E-state index contributed by atoms with van der Waals surface area (Å²) in [5.41, 5.74) is 8.42. The first-order valence-electron chi connectivity index (χ1n) is 5.61. The summed E-state index contributed by atoms with van der Waals surface area (Å²) in [6.45, 7) is 1.77. The first-order chi connectivity index (χ1) is 7.69. The highest BCUT2D eigenvalue weighted by molar-refractivity contribution is 5.72. The molecule has 0 aromatic carbocycles. The van der Waals surface area contributed by atoms with Crippen molar-refractivity contribution in [3.05, 3.63) is 10.4 Å². The predicted octanol–water partition coefficient (Wildman–Crippen LogP) is 2.49. The van der Waals surface area contributed by atoms with E-state index in [1.165, 1.54) is 0 Å². The van der Waals surface area contributed by atoms with Gasteiger partial charge in [-0.3, -0.25) is 0 Å². The van der Waals surface area contributed by atoms with Crippen molar-refractivity contribution < 1.29 is 14.6 Å². The molecule has 1 saturated carbocycles. The van der Waals surface area contributed by atoms with Crippen molar-refractivity contribution in [3.63, 3.8) is 0 Å². The summed E-state index contributed by atoms with van der Waals surface area (Å²) in [6, 6.07) is -0.216. The van der Waals surface area contributed by atoms with Gasteiger partial charge < -0.3 is 9.84 Å². The van der Waals surface area contributed by atoms with Crippen molar-refractivity contribution in [2.24, 2.45) is 5.11 Å². The molecule has 1 fully saturated rings. The van der Waals surface area contributed by atoms with Gasteiger partial charge in [-0.1, -0.05) is 24.9 Å². The first kappa shape index (κ1) is 12.8. The van der Waals surface area contributed by atoms with E-state index in [0.717, 1.165) is 25.7 Å². The minimum Gasteiger partial charge on any atom is -0.479 e. The molecule has 90 valence electrons. The molecule has 1 N–H and O–H groups in total. The highest BCUT2D eigenvalue weighted by Crippen LogP contribution is 2.25. The van der Waals surface area contributed by atoms with Gasteiger partial charge in [0.05, 0.1) is 12.1 Å². The van der Waals surface area contributed by atoms with Crippen LogP contribution in [0.4, 0.5) is 0 Å². The Hall–Kier alpha value is -1.26. The van der Waals surface area contributed by atoms with Gasteiger partial charge in [0.2, 0.25) is 0 Å². The van der Waals surface area contributed by atoms with Crippen LogP contribution in [-0.2, 0) is 9.53 Å². The van der Waals surface area contributed by atoms with Gasteiger partial charge in [-0.15, -0.1) is 0 Å². The minimum atomic E-state index is -0.951. The molecular weight excluding hydrogens is 210 g/mol. The average Bonchev–Trinajstić information content (AvgIpc) is 2.27. The van der Waals surface area contributed by atoms with Gasteiger partial charge in [0.15, 0.2) is 6.10 Å². The van der Waals surface area contributed by atoms with E-state index in [4.69, 9.17) is 15.4 Å². The minimum absolute atomic E-state index is 0.216. The summed E-state index contributed by atoms with van der Waals surface area (Å²) in [6.07, 6.45) is 2.95. The van der Waals surface area contributed by atoms with Crippen molar-refractivity contribution in [1.29, 1.82) is 0 Å². The second-order valence-electron chi connectivity index (χ2n) is 3.97. The Bertz CT molecular complexity index is 289. The lowest BCUT2D eigenvalue weighted by atomic mass is 9.93. The second kappa shape index (κ2) is 6.35. The van der Waals surface area contributed by atoms with Crippen LogP contribution in [0.2, 0.25) is 0 Å². The molecule has 0 aromatic heterocycles. The van der Waals surface area contributed by atoms with E-state index in [-0.39, 0.29) is 12.1 Å². The number of nitrogens with zero attached hydrogens (tertiary/aromatic N) is 3. The standard InChI is InChI=1S/C10H17N3O3/c1-2-8(10(14)15)16-9-6-4-3-5-7(9)12-13-11/h7-9H,2-6H2,1H3,(H,14,15). The van der Waals surface area contributed by atoms with Crippen LogP contribution in [0.1, 0.15) is 39.0 Å². The quantitative estimate of drug-likeness (QED) is 0.444. The Morgan fingerprint density at radius 2 is 2.31 bits per heavy atom.